The molecule has 0 heterocycles. The SMILES string of the molecule is CC(C)(COC(=O)C(F)(F)F)C(=O)NC1CCCC1. The molecule has 0 radical (unpaired) electrons. The molecule has 0 saturated heterocycles. The van der Waals surface area contributed by atoms with Gasteiger partial charge in [0.15, 0.2) is 0 Å². The number of hydrogen-bond acceptors (Lipinski definition) is 3. The van der Waals surface area contributed by atoms with Gasteiger partial charge in [-0.05, 0) is 26.7 Å². The van der Waals surface area contributed by atoms with Crippen molar-refractivity contribution in [2.24, 2.45) is 5.41 Å². The van der Waals surface area contributed by atoms with Crippen molar-refractivity contribution in [3.05, 3.63) is 0 Å². The lowest BCUT2D eigenvalue weighted by Crippen LogP contribution is -2.45. The molecule has 1 amide bonds. The number of rotatable bonds is 4. The Morgan fingerprint density at radius 3 is 2.21 bits per heavy atom. The molecule has 0 bridgehead atoms. The molecule has 0 aromatic heterocycles. The minimum atomic E-state index is -5.03. The molecule has 1 aliphatic carbocycles. The lowest BCUT2D eigenvalue weighted by molar-refractivity contribution is -0.202. The maximum Gasteiger partial charge on any atom is 0.490 e. The van der Waals surface area contributed by atoms with Gasteiger partial charge in [-0.25, -0.2) is 4.79 Å². The van der Waals surface area contributed by atoms with Crippen LogP contribution in [0.5, 0.6) is 0 Å². The lowest BCUT2D eigenvalue weighted by Gasteiger charge is -2.25. The summed E-state index contributed by atoms with van der Waals surface area (Å²) in [6, 6.07) is 0.0742. The van der Waals surface area contributed by atoms with Gasteiger partial charge >= 0.3 is 12.1 Å². The molecule has 0 spiro atoms. The van der Waals surface area contributed by atoms with Crippen molar-refractivity contribution in [2.45, 2.75) is 51.7 Å². The Bertz CT molecular complexity index is 347. The Hall–Kier alpha value is -1.27. The first kappa shape index (κ1) is 15.8. The fraction of sp³-hybridized carbons (Fsp3) is 0.833. The summed E-state index contributed by atoms with van der Waals surface area (Å²) in [6.45, 7) is 2.30. The maximum atomic E-state index is 12.0. The fourth-order valence-electron chi connectivity index (χ4n) is 1.84. The third-order valence-electron chi connectivity index (χ3n) is 3.10. The van der Waals surface area contributed by atoms with E-state index in [-0.39, 0.29) is 6.04 Å². The van der Waals surface area contributed by atoms with Crippen LogP contribution in [0, 0.1) is 5.41 Å². The first-order chi connectivity index (χ1) is 8.63. The van der Waals surface area contributed by atoms with Crippen LogP contribution in [-0.2, 0) is 14.3 Å². The van der Waals surface area contributed by atoms with Gasteiger partial charge in [0, 0.05) is 6.04 Å². The average Bonchev–Trinajstić information content (AvgIpc) is 2.77. The van der Waals surface area contributed by atoms with E-state index in [1.54, 1.807) is 0 Å². The smallest absolute Gasteiger partial charge is 0.458 e. The Morgan fingerprint density at radius 2 is 1.74 bits per heavy atom. The number of hydrogen-bond donors (Lipinski definition) is 1. The van der Waals surface area contributed by atoms with Crippen LogP contribution < -0.4 is 5.32 Å². The van der Waals surface area contributed by atoms with E-state index in [0.29, 0.717) is 0 Å². The largest absolute Gasteiger partial charge is 0.490 e. The van der Waals surface area contributed by atoms with Crippen LogP contribution in [-0.4, -0.2) is 30.7 Å². The van der Waals surface area contributed by atoms with E-state index in [0.717, 1.165) is 25.7 Å². The summed E-state index contributed by atoms with van der Waals surface area (Å²) >= 11 is 0. The number of carbonyl (C=O) groups is 2. The highest BCUT2D eigenvalue weighted by atomic mass is 19.4. The molecule has 1 aliphatic rings. The van der Waals surface area contributed by atoms with Crippen LogP contribution in [0.25, 0.3) is 0 Å². The molecule has 1 fully saturated rings. The van der Waals surface area contributed by atoms with Crippen molar-refractivity contribution in [3.8, 4) is 0 Å². The summed E-state index contributed by atoms with van der Waals surface area (Å²) < 4.78 is 40.1. The van der Waals surface area contributed by atoms with E-state index >= 15 is 0 Å². The van der Waals surface area contributed by atoms with E-state index < -0.39 is 30.1 Å². The number of carbonyl (C=O) groups excluding carboxylic acids is 2. The van der Waals surface area contributed by atoms with Crippen LogP contribution >= 0.6 is 0 Å². The predicted molar refractivity (Wildman–Crippen MR) is 61.2 cm³/mol. The van der Waals surface area contributed by atoms with Crippen molar-refractivity contribution in [2.75, 3.05) is 6.61 Å². The van der Waals surface area contributed by atoms with Gasteiger partial charge in [0.25, 0.3) is 0 Å². The fourth-order valence-corrected chi connectivity index (χ4v) is 1.84. The number of amides is 1. The zero-order valence-corrected chi connectivity index (χ0v) is 11.0. The van der Waals surface area contributed by atoms with E-state index in [4.69, 9.17) is 0 Å². The number of esters is 1. The van der Waals surface area contributed by atoms with Crippen molar-refractivity contribution in [1.82, 2.24) is 5.32 Å². The molecule has 1 saturated carbocycles. The first-order valence-electron chi connectivity index (χ1n) is 6.18. The normalized spacial score (nSPS) is 17.3. The molecule has 0 aliphatic heterocycles. The molecule has 0 atom stereocenters. The van der Waals surface area contributed by atoms with Crippen molar-refractivity contribution in [1.29, 1.82) is 0 Å². The lowest BCUT2D eigenvalue weighted by atomic mass is 9.93. The molecular weight excluding hydrogens is 263 g/mol. The third-order valence-corrected chi connectivity index (χ3v) is 3.10. The number of ether oxygens (including phenoxy) is 1. The average molecular weight is 281 g/mol. The molecule has 0 aromatic carbocycles. The Labute approximate surface area is 109 Å². The second-order valence-electron chi connectivity index (χ2n) is 5.41. The highest BCUT2D eigenvalue weighted by Gasteiger charge is 2.42. The topological polar surface area (TPSA) is 55.4 Å². The van der Waals surface area contributed by atoms with Gasteiger partial charge in [-0.1, -0.05) is 12.8 Å². The van der Waals surface area contributed by atoms with E-state index in [2.05, 4.69) is 10.1 Å². The molecule has 1 rings (SSSR count). The standard InChI is InChI=1S/C12H18F3NO3/c1-11(2,7-19-10(18)12(13,14)15)9(17)16-8-5-3-4-6-8/h8H,3-7H2,1-2H3,(H,16,17). The van der Waals surface area contributed by atoms with Gasteiger partial charge in [0.05, 0.1) is 5.41 Å². The van der Waals surface area contributed by atoms with Crippen molar-refractivity contribution < 1.29 is 27.5 Å². The van der Waals surface area contributed by atoms with Crippen LogP contribution in [0.4, 0.5) is 13.2 Å². The molecule has 0 aromatic rings. The summed E-state index contributed by atoms with van der Waals surface area (Å²) in [5.74, 6) is -2.66. The van der Waals surface area contributed by atoms with Gasteiger partial charge in [-0.2, -0.15) is 13.2 Å². The van der Waals surface area contributed by atoms with Crippen LogP contribution in [0.15, 0.2) is 0 Å². The van der Waals surface area contributed by atoms with E-state index in [1.165, 1.54) is 13.8 Å². The minimum Gasteiger partial charge on any atom is -0.458 e. The van der Waals surface area contributed by atoms with Gasteiger partial charge in [-0.15, -0.1) is 0 Å². The van der Waals surface area contributed by atoms with Gasteiger partial charge in [0.1, 0.15) is 6.61 Å². The number of nitrogens with one attached hydrogen (secondary N) is 1. The first-order valence-corrected chi connectivity index (χ1v) is 6.18. The second-order valence-corrected chi connectivity index (χ2v) is 5.41. The summed E-state index contributed by atoms with van der Waals surface area (Å²) in [7, 11) is 0. The summed E-state index contributed by atoms with van der Waals surface area (Å²) in [4.78, 5) is 22.5. The van der Waals surface area contributed by atoms with Crippen molar-refractivity contribution in [3.63, 3.8) is 0 Å². The molecule has 110 valence electrons. The van der Waals surface area contributed by atoms with E-state index in [9.17, 15) is 22.8 Å². The van der Waals surface area contributed by atoms with Crippen LogP contribution in [0.3, 0.4) is 0 Å². The Kier molecular flexibility index (Phi) is 4.81. The van der Waals surface area contributed by atoms with Gasteiger partial charge in [0.2, 0.25) is 5.91 Å². The van der Waals surface area contributed by atoms with Crippen molar-refractivity contribution >= 4 is 11.9 Å². The number of alkyl halides is 3. The second kappa shape index (κ2) is 5.79. The highest BCUT2D eigenvalue weighted by Crippen LogP contribution is 2.23. The van der Waals surface area contributed by atoms with Crippen LogP contribution in [0.1, 0.15) is 39.5 Å². The Morgan fingerprint density at radius 1 is 1.21 bits per heavy atom. The van der Waals surface area contributed by atoms with Gasteiger partial charge < -0.3 is 10.1 Å². The molecule has 4 nitrogen and oxygen atoms in total. The molecule has 7 heteroatoms. The third kappa shape index (κ3) is 4.72. The minimum absolute atomic E-state index is 0.0742. The molecule has 1 N–H and O–H groups in total. The number of halogens is 3. The maximum absolute atomic E-state index is 12.0. The van der Waals surface area contributed by atoms with Gasteiger partial charge in [-0.3, -0.25) is 4.79 Å². The molecular formula is C12H18F3NO3. The summed E-state index contributed by atoms with van der Waals surface area (Å²) in [6.07, 6.45) is -1.20. The monoisotopic (exact) mass is 281 g/mol. The van der Waals surface area contributed by atoms with E-state index in [1.807, 2.05) is 0 Å². The summed E-state index contributed by atoms with van der Waals surface area (Å²) in [5.41, 5.74) is -1.18. The quantitative estimate of drug-likeness (QED) is 0.804. The zero-order chi connectivity index (χ0) is 14.7. The molecule has 0 unspecified atom stereocenters. The zero-order valence-electron chi connectivity index (χ0n) is 11.0. The van der Waals surface area contributed by atoms with Crippen LogP contribution in [0.2, 0.25) is 0 Å². The summed E-state index contributed by atoms with van der Waals surface area (Å²) in [5, 5.41) is 2.77. The Balaban J connectivity index is 2.45. The predicted octanol–water partition coefficient (Wildman–Crippen LogP) is 2.18. The molecule has 19 heavy (non-hydrogen) atoms. The highest BCUT2D eigenvalue weighted by molar-refractivity contribution is 5.83.